The van der Waals surface area contributed by atoms with E-state index in [0.29, 0.717) is 0 Å². The second kappa shape index (κ2) is 10.9. The maximum absolute atomic E-state index is 2.47. The van der Waals surface area contributed by atoms with Gasteiger partial charge in [0, 0.05) is 0 Å². The second-order valence-corrected chi connectivity index (χ2v) is 12.0. The number of hydrogen-bond donors (Lipinski definition) is 0. The first-order valence-corrected chi connectivity index (χ1v) is 16.0. The summed E-state index contributed by atoms with van der Waals surface area (Å²) in [5.41, 5.74) is 10.0. The van der Waals surface area contributed by atoms with E-state index in [-0.39, 0.29) is 0 Å². The minimum Gasteiger partial charge on any atom is -0.0622 e. The van der Waals surface area contributed by atoms with Crippen LogP contribution in [0.15, 0.2) is 182 Å². The van der Waals surface area contributed by atoms with Crippen LogP contribution in [0, 0.1) is 0 Å². The second-order valence-electron chi connectivity index (χ2n) is 12.0. The molecule has 0 amide bonds. The molecule has 0 unspecified atom stereocenters. The number of fused-ring (bicyclic) bond motifs is 4. The fourth-order valence-electron chi connectivity index (χ4n) is 7.51. The van der Waals surface area contributed by atoms with Crippen LogP contribution in [-0.4, -0.2) is 0 Å². The van der Waals surface area contributed by atoms with Gasteiger partial charge in [0.2, 0.25) is 0 Å². The lowest BCUT2D eigenvalue weighted by Crippen LogP contribution is -1.96. The molecule has 0 aliphatic carbocycles. The van der Waals surface area contributed by atoms with Gasteiger partial charge in [0.25, 0.3) is 0 Å². The summed E-state index contributed by atoms with van der Waals surface area (Å²) in [5, 5.41) is 10.1. The van der Waals surface area contributed by atoms with Crippen LogP contribution in [0.2, 0.25) is 0 Å². The molecule has 214 valence electrons. The molecule has 9 aromatic rings. The minimum absolute atomic E-state index is 1.22. The van der Waals surface area contributed by atoms with Crippen LogP contribution < -0.4 is 0 Å². The molecule has 0 radical (unpaired) electrons. The van der Waals surface area contributed by atoms with Crippen molar-refractivity contribution in [3.63, 3.8) is 0 Å². The fraction of sp³-hybridized carbons (Fsp3) is 0. The molecule has 0 fully saturated rings. The van der Waals surface area contributed by atoms with Crippen LogP contribution in [0.4, 0.5) is 0 Å². The summed E-state index contributed by atoms with van der Waals surface area (Å²) in [4.78, 5) is 0. The monoisotopic (exact) mass is 582 g/mol. The number of benzene rings is 9. The number of rotatable bonds is 4. The molecule has 0 aliphatic rings. The van der Waals surface area contributed by atoms with Gasteiger partial charge in [0.1, 0.15) is 0 Å². The first kappa shape index (κ1) is 26.4. The Kier molecular flexibility index (Phi) is 6.25. The van der Waals surface area contributed by atoms with Crippen LogP contribution in [0.3, 0.4) is 0 Å². The molecule has 0 bridgehead atoms. The zero-order valence-corrected chi connectivity index (χ0v) is 25.3. The van der Waals surface area contributed by atoms with Gasteiger partial charge in [-0.05, 0) is 99.7 Å². The zero-order chi connectivity index (χ0) is 30.5. The molecular weight excluding hydrogens is 553 g/mol. The highest BCUT2D eigenvalue weighted by Crippen LogP contribution is 2.52. The van der Waals surface area contributed by atoms with Gasteiger partial charge < -0.3 is 0 Å². The lowest BCUT2D eigenvalue weighted by atomic mass is 9.79. The van der Waals surface area contributed by atoms with Gasteiger partial charge in [-0.3, -0.25) is 0 Å². The molecule has 0 aromatic heterocycles. The maximum Gasteiger partial charge on any atom is -0.000742 e. The molecule has 0 heteroatoms. The standard InChI is InChI=1S/C46H30/c1-5-17-31(18-6-1)41-38-27-15-16-28-39(38)43(33-21-9-3-10-22-33)46-40(41)30-36-29-35-25-13-14-26-37(35)42(32-19-7-2-8-20-32)45(36)44(46)34-23-11-4-12-24-34/h1-30H. The largest absolute Gasteiger partial charge is 0.0622 e. The Morgan fingerprint density at radius 3 is 1.15 bits per heavy atom. The van der Waals surface area contributed by atoms with Gasteiger partial charge in [0.15, 0.2) is 0 Å². The molecule has 9 rings (SSSR count). The predicted octanol–water partition coefficient (Wildman–Crippen LogP) is 13.0. The first-order valence-electron chi connectivity index (χ1n) is 16.0. The van der Waals surface area contributed by atoms with Gasteiger partial charge in [-0.15, -0.1) is 0 Å². The molecular formula is C46H30. The van der Waals surface area contributed by atoms with Gasteiger partial charge in [-0.1, -0.05) is 170 Å². The summed E-state index contributed by atoms with van der Waals surface area (Å²) in [6, 6.07) is 66.5. The van der Waals surface area contributed by atoms with Gasteiger partial charge in [0.05, 0.1) is 0 Å². The summed E-state index contributed by atoms with van der Waals surface area (Å²) in [6.45, 7) is 0. The lowest BCUT2D eigenvalue weighted by molar-refractivity contribution is 1.64. The van der Waals surface area contributed by atoms with Crippen molar-refractivity contribution >= 4 is 43.1 Å². The lowest BCUT2D eigenvalue weighted by Gasteiger charge is -2.24. The van der Waals surface area contributed by atoms with Crippen LogP contribution in [0.25, 0.3) is 87.6 Å². The van der Waals surface area contributed by atoms with Gasteiger partial charge in [-0.25, -0.2) is 0 Å². The van der Waals surface area contributed by atoms with Crippen LogP contribution in [0.1, 0.15) is 0 Å². The Balaban J connectivity index is 1.64. The smallest absolute Gasteiger partial charge is 0.000742 e. The molecule has 0 N–H and O–H groups in total. The third-order valence-corrected chi connectivity index (χ3v) is 9.38. The molecule has 0 nitrogen and oxygen atoms in total. The van der Waals surface area contributed by atoms with E-state index in [1.54, 1.807) is 0 Å². The van der Waals surface area contributed by atoms with Crippen molar-refractivity contribution in [1.82, 2.24) is 0 Å². The Labute approximate surface area is 268 Å². The summed E-state index contributed by atoms with van der Waals surface area (Å²) >= 11 is 0. The highest BCUT2D eigenvalue weighted by molar-refractivity contribution is 6.32. The fourth-order valence-corrected chi connectivity index (χ4v) is 7.51. The Morgan fingerprint density at radius 1 is 0.217 bits per heavy atom. The SMILES string of the molecule is c1ccc(-c2c3ccccc3c(-c3ccccc3)c3c(-c4ccccc4)c4c(-c5ccccc5)c5ccccc5cc4cc23)cc1. The van der Waals surface area contributed by atoms with E-state index in [1.807, 2.05) is 0 Å². The first-order chi connectivity index (χ1) is 22.9. The highest BCUT2D eigenvalue weighted by Gasteiger charge is 2.24. The third kappa shape index (κ3) is 4.15. The van der Waals surface area contributed by atoms with E-state index in [2.05, 4.69) is 182 Å². The van der Waals surface area contributed by atoms with Gasteiger partial charge in [-0.2, -0.15) is 0 Å². The molecule has 0 saturated heterocycles. The topological polar surface area (TPSA) is 0 Å². The third-order valence-electron chi connectivity index (χ3n) is 9.38. The molecule has 0 saturated carbocycles. The Bertz CT molecular complexity index is 2530. The Morgan fingerprint density at radius 2 is 0.609 bits per heavy atom. The predicted molar refractivity (Wildman–Crippen MR) is 198 cm³/mol. The van der Waals surface area contributed by atoms with E-state index in [1.165, 1.54) is 87.6 Å². The minimum atomic E-state index is 1.22. The van der Waals surface area contributed by atoms with E-state index >= 15 is 0 Å². The summed E-state index contributed by atoms with van der Waals surface area (Å²) < 4.78 is 0. The van der Waals surface area contributed by atoms with Crippen LogP contribution >= 0.6 is 0 Å². The van der Waals surface area contributed by atoms with Crippen molar-refractivity contribution < 1.29 is 0 Å². The van der Waals surface area contributed by atoms with Crippen LogP contribution in [-0.2, 0) is 0 Å². The summed E-state index contributed by atoms with van der Waals surface area (Å²) in [6.07, 6.45) is 0. The van der Waals surface area contributed by atoms with E-state index in [0.717, 1.165) is 0 Å². The number of hydrogen-bond acceptors (Lipinski definition) is 0. The zero-order valence-electron chi connectivity index (χ0n) is 25.3. The quantitative estimate of drug-likeness (QED) is 0.181. The van der Waals surface area contributed by atoms with E-state index in [4.69, 9.17) is 0 Å². The molecule has 46 heavy (non-hydrogen) atoms. The van der Waals surface area contributed by atoms with Crippen molar-refractivity contribution in [2.45, 2.75) is 0 Å². The average Bonchev–Trinajstić information content (AvgIpc) is 3.13. The maximum atomic E-state index is 2.47. The van der Waals surface area contributed by atoms with E-state index < -0.39 is 0 Å². The van der Waals surface area contributed by atoms with Crippen molar-refractivity contribution in [1.29, 1.82) is 0 Å². The van der Waals surface area contributed by atoms with E-state index in [9.17, 15) is 0 Å². The molecule has 9 aromatic carbocycles. The van der Waals surface area contributed by atoms with Gasteiger partial charge >= 0.3 is 0 Å². The summed E-state index contributed by atoms with van der Waals surface area (Å²) in [7, 11) is 0. The van der Waals surface area contributed by atoms with Crippen LogP contribution in [0.5, 0.6) is 0 Å². The highest BCUT2D eigenvalue weighted by atomic mass is 14.3. The summed E-state index contributed by atoms with van der Waals surface area (Å²) in [5.74, 6) is 0. The normalized spacial score (nSPS) is 11.5. The van der Waals surface area contributed by atoms with Crippen molar-refractivity contribution in [2.24, 2.45) is 0 Å². The van der Waals surface area contributed by atoms with Crippen molar-refractivity contribution in [3.05, 3.63) is 182 Å². The van der Waals surface area contributed by atoms with Crippen molar-refractivity contribution in [3.8, 4) is 44.5 Å². The van der Waals surface area contributed by atoms with Crippen molar-refractivity contribution in [2.75, 3.05) is 0 Å². The molecule has 0 atom stereocenters. The Hall–Kier alpha value is -5.98. The molecule has 0 heterocycles. The molecule has 0 spiro atoms. The average molecular weight is 583 g/mol. The molecule has 0 aliphatic heterocycles.